The van der Waals surface area contributed by atoms with Crippen LogP contribution in [-0.2, 0) is 12.0 Å². The first-order chi connectivity index (χ1) is 9.86. The molecule has 2 aromatic rings. The lowest BCUT2D eigenvalue weighted by Gasteiger charge is -2.15. The second-order valence-electron chi connectivity index (χ2n) is 6.41. The van der Waals surface area contributed by atoms with Crippen LogP contribution in [0.25, 0.3) is 0 Å². The van der Waals surface area contributed by atoms with Gasteiger partial charge in [0.25, 0.3) is 0 Å². The number of benzene rings is 1. The third-order valence-electron chi connectivity index (χ3n) is 2.90. The molecule has 114 valence electrons. The van der Waals surface area contributed by atoms with E-state index in [-0.39, 0.29) is 11.5 Å². The summed E-state index contributed by atoms with van der Waals surface area (Å²) in [4.78, 5) is 4.70. The van der Waals surface area contributed by atoms with E-state index in [1.807, 2.05) is 38.1 Å². The summed E-state index contributed by atoms with van der Waals surface area (Å²) in [5, 5.41) is 6.72. The van der Waals surface area contributed by atoms with E-state index in [4.69, 9.17) is 9.72 Å². The minimum atomic E-state index is 0.113. The van der Waals surface area contributed by atoms with Gasteiger partial charge in [-0.1, -0.05) is 32.9 Å². The molecule has 0 aliphatic rings. The Morgan fingerprint density at radius 2 is 1.95 bits per heavy atom. The van der Waals surface area contributed by atoms with E-state index in [2.05, 4.69) is 31.5 Å². The maximum absolute atomic E-state index is 5.81. The van der Waals surface area contributed by atoms with Crippen LogP contribution in [0.2, 0.25) is 0 Å². The summed E-state index contributed by atoms with van der Waals surface area (Å²) >= 11 is 1.72. The molecular formula is C17H24N2OS. The molecule has 0 saturated heterocycles. The smallest absolute Gasteiger partial charge is 0.142 e. The molecule has 1 aromatic heterocycles. The predicted octanol–water partition coefficient (Wildman–Crippen LogP) is 4.84. The lowest BCUT2D eigenvalue weighted by atomic mass is 9.98. The Morgan fingerprint density at radius 3 is 2.57 bits per heavy atom. The number of rotatable bonds is 5. The van der Waals surface area contributed by atoms with Gasteiger partial charge < -0.3 is 10.1 Å². The zero-order valence-electron chi connectivity index (χ0n) is 13.4. The Hall–Kier alpha value is -1.55. The van der Waals surface area contributed by atoms with Gasteiger partial charge in [0.1, 0.15) is 5.75 Å². The average Bonchev–Trinajstić information content (AvgIpc) is 2.86. The van der Waals surface area contributed by atoms with Crippen molar-refractivity contribution in [3.8, 4) is 5.75 Å². The van der Waals surface area contributed by atoms with Crippen LogP contribution in [0.5, 0.6) is 5.75 Å². The quantitative estimate of drug-likeness (QED) is 0.858. The molecule has 0 aliphatic heterocycles. The lowest BCUT2D eigenvalue weighted by Crippen LogP contribution is -2.11. The fraction of sp³-hybridized carbons (Fsp3) is 0.471. The Labute approximate surface area is 131 Å². The molecular weight excluding hydrogens is 280 g/mol. The molecule has 0 unspecified atom stereocenters. The van der Waals surface area contributed by atoms with Crippen molar-refractivity contribution in [2.45, 2.75) is 52.7 Å². The summed E-state index contributed by atoms with van der Waals surface area (Å²) in [6, 6.07) is 8.03. The molecule has 0 bridgehead atoms. The van der Waals surface area contributed by atoms with Crippen molar-refractivity contribution in [2.24, 2.45) is 0 Å². The van der Waals surface area contributed by atoms with E-state index in [9.17, 15) is 0 Å². The number of aromatic nitrogens is 1. The van der Waals surface area contributed by atoms with Crippen molar-refractivity contribution in [3.05, 3.63) is 40.3 Å². The molecule has 1 N–H and O–H groups in total. The Bertz CT molecular complexity index is 584. The van der Waals surface area contributed by atoms with Gasteiger partial charge in [0, 0.05) is 10.8 Å². The van der Waals surface area contributed by atoms with E-state index in [0.29, 0.717) is 6.54 Å². The zero-order chi connectivity index (χ0) is 15.5. The summed E-state index contributed by atoms with van der Waals surface area (Å²) < 4.78 is 5.81. The molecule has 1 aromatic carbocycles. The number of thiazole rings is 1. The Balaban J connectivity index is 2.05. The molecule has 4 heteroatoms. The molecule has 0 radical (unpaired) electrons. The number of nitrogens with one attached hydrogen (secondary N) is 1. The van der Waals surface area contributed by atoms with Crippen LogP contribution in [0.1, 0.15) is 45.3 Å². The minimum Gasteiger partial charge on any atom is -0.489 e. The predicted molar refractivity (Wildman–Crippen MR) is 90.3 cm³/mol. The molecule has 0 spiro atoms. The van der Waals surface area contributed by atoms with Gasteiger partial charge in [-0.15, -0.1) is 11.3 Å². The summed E-state index contributed by atoms with van der Waals surface area (Å²) in [6.07, 6.45) is 0.166. The molecule has 21 heavy (non-hydrogen) atoms. The summed E-state index contributed by atoms with van der Waals surface area (Å²) in [7, 11) is 0. The van der Waals surface area contributed by atoms with Crippen LogP contribution < -0.4 is 10.1 Å². The second-order valence-corrected chi connectivity index (χ2v) is 7.27. The molecule has 0 fully saturated rings. The maximum Gasteiger partial charge on any atom is 0.142 e. The summed E-state index contributed by atoms with van der Waals surface area (Å²) in [6.45, 7) is 11.4. The lowest BCUT2D eigenvalue weighted by molar-refractivity contribution is 0.243. The molecule has 0 saturated carbocycles. The first-order valence-corrected chi connectivity index (χ1v) is 8.18. The molecule has 0 amide bonds. The van der Waals surface area contributed by atoms with Crippen molar-refractivity contribution in [1.82, 2.24) is 4.98 Å². The van der Waals surface area contributed by atoms with Gasteiger partial charge in [0.15, 0.2) is 0 Å². The highest BCUT2D eigenvalue weighted by Crippen LogP contribution is 2.28. The highest BCUT2D eigenvalue weighted by molar-refractivity contribution is 7.09. The van der Waals surface area contributed by atoms with E-state index in [0.717, 1.165) is 17.1 Å². The van der Waals surface area contributed by atoms with E-state index in [1.54, 1.807) is 11.3 Å². The molecule has 0 atom stereocenters. The first-order valence-electron chi connectivity index (χ1n) is 7.30. The third-order valence-corrected chi connectivity index (χ3v) is 4.22. The number of hydrogen-bond donors (Lipinski definition) is 1. The van der Waals surface area contributed by atoms with Crippen LogP contribution >= 0.6 is 11.3 Å². The number of hydrogen-bond acceptors (Lipinski definition) is 4. The zero-order valence-corrected chi connectivity index (χ0v) is 14.3. The molecule has 3 nitrogen and oxygen atoms in total. The van der Waals surface area contributed by atoms with Gasteiger partial charge in [-0.2, -0.15) is 0 Å². The highest BCUT2D eigenvalue weighted by atomic mass is 32.1. The summed E-state index contributed by atoms with van der Waals surface area (Å²) in [5.41, 5.74) is 2.20. The van der Waals surface area contributed by atoms with Crippen molar-refractivity contribution in [1.29, 1.82) is 0 Å². The Kier molecular flexibility index (Phi) is 4.88. The maximum atomic E-state index is 5.81. The van der Waals surface area contributed by atoms with E-state index >= 15 is 0 Å². The van der Waals surface area contributed by atoms with Gasteiger partial charge in [-0.25, -0.2) is 4.98 Å². The van der Waals surface area contributed by atoms with Gasteiger partial charge in [-0.3, -0.25) is 0 Å². The van der Waals surface area contributed by atoms with E-state index in [1.165, 1.54) is 5.01 Å². The van der Waals surface area contributed by atoms with Crippen molar-refractivity contribution in [2.75, 3.05) is 5.32 Å². The molecule has 0 aliphatic carbocycles. The standard InChI is InChI=1S/C17H24N2OS/c1-12(2)20-15-9-7-6-8-14(15)18-10-13-11-21-16(19-13)17(3,4)5/h6-9,11-12,18H,10H2,1-5H3. The van der Waals surface area contributed by atoms with Gasteiger partial charge in [0.2, 0.25) is 0 Å². The fourth-order valence-electron chi connectivity index (χ4n) is 1.89. The largest absolute Gasteiger partial charge is 0.489 e. The van der Waals surface area contributed by atoms with Crippen LogP contribution in [0.4, 0.5) is 5.69 Å². The molecule has 2 rings (SSSR count). The third kappa shape index (κ3) is 4.46. The second kappa shape index (κ2) is 6.48. The van der Waals surface area contributed by atoms with Crippen molar-refractivity contribution in [3.63, 3.8) is 0 Å². The number of ether oxygens (including phenoxy) is 1. The van der Waals surface area contributed by atoms with Crippen LogP contribution in [0, 0.1) is 0 Å². The van der Waals surface area contributed by atoms with Crippen LogP contribution in [0.15, 0.2) is 29.6 Å². The number of nitrogens with zero attached hydrogens (tertiary/aromatic N) is 1. The monoisotopic (exact) mass is 304 g/mol. The first kappa shape index (κ1) is 15.8. The average molecular weight is 304 g/mol. The fourth-order valence-corrected chi connectivity index (χ4v) is 2.80. The van der Waals surface area contributed by atoms with Crippen LogP contribution in [0.3, 0.4) is 0 Å². The molecule has 1 heterocycles. The summed E-state index contributed by atoms with van der Waals surface area (Å²) in [5.74, 6) is 0.888. The van der Waals surface area contributed by atoms with Gasteiger partial charge in [-0.05, 0) is 26.0 Å². The van der Waals surface area contributed by atoms with Crippen LogP contribution in [-0.4, -0.2) is 11.1 Å². The minimum absolute atomic E-state index is 0.113. The topological polar surface area (TPSA) is 34.1 Å². The van der Waals surface area contributed by atoms with Crippen molar-refractivity contribution < 1.29 is 4.74 Å². The van der Waals surface area contributed by atoms with Crippen molar-refractivity contribution >= 4 is 17.0 Å². The van der Waals surface area contributed by atoms with Gasteiger partial charge >= 0.3 is 0 Å². The number of para-hydroxylation sites is 2. The van der Waals surface area contributed by atoms with Gasteiger partial charge in [0.05, 0.1) is 29.0 Å². The normalized spacial score (nSPS) is 11.7. The Morgan fingerprint density at radius 1 is 1.24 bits per heavy atom. The SMILES string of the molecule is CC(C)Oc1ccccc1NCc1csc(C(C)(C)C)n1. The highest BCUT2D eigenvalue weighted by Gasteiger charge is 2.17. The van der Waals surface area contributed by atoms with E-state index < -0.39 is 0 Å². The number of anilines is 1.